The third-order valence-corrected chi connectivity index (χ3v) is 6.29. The Kier molecular flexibility index (Phi) is 5.22. The van der Waals surface area contributed by atoms with Gasteiger partial charge in [0.2, 0.25) is 0 Å². The summed E-state index contributed by atoms with van der Waals surface area (Å²) in [7, 11) is -1.32. The zero-order valence-corrected chi connectivity index (χ0v) is 12.9. The molecule has 1 heterocycles. The Morgan fingerprint density at radius 2 is 1.63 bits per heavy atom. The lowest BCUT2D eigenvalue weighted by molar-refractivity contribution is 0.259. The second-order valence-corrected chi connectivity index (χ2v) is 7.57. The lowest BCUT2D eigenvalue weighted by atomic mass is 9.92. The van der Waals surface area contributed by atoms with Crippen molar-refractivity contribution < 1.29 is 8.42 Å². The van der Waals surface area contributed by atoms with Gasteiger partial charge < -0.3 is 5.32 Å². The monoisotopic (exact) mass is 289 g/mol. The molecule has 1 saturated heterocycles. The summed E-state index contributed by atoms with van der Waals surface area (Å²) < 4.78 is 29.4. The number of nitrogens with one attached hydrogen (secondary N) is 2. The molecule has 0 amide bonds. The van der Waals surface area contributed by atoms with Gasteiger partial charge in [0, 0.05) is 24.7 Å². The first kappa shape index (κ1) is 15.2. The van der Waals surface area contributed by atoms with Gasteiger partial charge in [-0.3, -0.25) is 0 Å². The maximum absolute atomic E-state index is 12.4. The highest BCUT2D eigenvalue weighted by Crippen LogP contribution is 2.22. The van der Waals surface area contributed by atoms with E-state index in [9.17, 15) is 8.42 Å². The lowest BCUT2D eigenvalue weighted by Crippen LogP contribution is -2.51. The molecule has 0 bridgehead atoms. The molecule has 19 heavy (non-hydrogen) atoms. The van der Waals surface area contributed by atoms with E-state index in [1.165, 1.54) is 0 Å². The summed E-state index contributed by atoms with van der Waals surface area (Å²) in [6, 6.07) is 0.804. The van der Waals surface area contributed by atoms with Gasteiger partial charge in [-0.1, -0.05) is 6.42 Å². The third-order valence-electron chi connectivity index (χ3n) is 4.50. The first-order chi connectivity index (χ1) is 9.03. The minimum Gasteiger partial charge on any atom is -0.317 e. The van der Waals surface area contributed by atoms with E-state index in [1.807, 2.05) is 14.0 Å². The molecule has 1 saturated carbocycles. The highest BCUT2D eigenvalue weighted by molar-refractivity contribution is 7.87. The fourth-order valence-electron chi connectivity index (χ4n) is 3.21. The largest absolute Gasteiger partial charge is 0.317 e. The van der Waals surface area contributed by atoms with Crippen LogP contribution >= 0.6 is 0 Å². The molecule has 1 aliphatic heterocycles. The van der Waals surface area contributed by atoms with Crippen LogP contribution in [-0.2, 0) is 10.2 Å². The van der Waals surface area contributed by atoms with Crippen LogP contribution in [-0.4, -0.2) is 44.4 Å². The number of rotatable bonds is 4. The average Bonchev–Trinajstić information content (AvgIpc) is 2.39. The van der Waals surface area contributed by atoms with Crippen molar-refractivity contribution in [1.82, 2.24) is 14.3 Å². The van der Waals surface area contributed by atoms with Crippen LogP contribution in [0.1, 0.15) is 51.9 Å². The fraction of sp³-hybridized carbons (Fsp3) is 1.00. The molecule has 1 atom stereocenters. The minimum absolute atomic E-state index is 0.115. The lowest BCUT2D eigenvalue weighted by Gasteiger charge is -2.35. The van der Waals surface area contributed by atoms with E-state index in [2.05, 4.69) is 10.0 Å². The molecule has 2 fully saturated rings. The molecular weight excluding hydrogens is 262 g/mol. The predicted octanol–water partition coefficient (Wildman–Crippen LogP) is 1.23. The van der Waals surface area contributed by atoms with E-state index < -0.39 is 10.2 Å². The smallest absolute Gasteiger partial charge is 0.279 e. The molecule has 1 aliphatic carbocycles. The van der Waals surface area contributed by atoms with Gasteiger partial charge in [0.25, 0.3) is 10.2 Å². The highest BCUT2D eigenvalue weighted by atomic mass is 32.2. The zero-order valence-electron chi connectivity index (χ0n) is 12.1. The second kappa shape index (κ2) is 6.52. The predicted molar refractivity (Wildman–Crippen MR) is 77.2 cm³/mol. The fourth-order valence-corrected chi connectivity index (χ4v) is 4.95. The number of hydrogen-bond acceptors (Lipinski definition) is 3. The van der Waals surface area contributed by atoms with Gasteiger partial charge in [0.1, 0.15) is 0 Å². The Balaban J connectivity index is 1.90. The summed E-state index contributed by atoms with van der Waals surface area (Å²) in [5, 5.41) is 3.27. The van der Waals surface area contributed by atoms with Crippen LogP contribution in [0, 0.1) is 0 Å². The Bertz CT molecular complexity index is 377. The number of nitrogens with zero attached hydrogens (tertiary/aromatic N) is 1. The minimum atomic E-state index is -3.29. The van der Waals surface area contributed by atoms with E-state index in [-0.39, 0.29) is 12.1 Å². The molecular formula is C13H27N3O2S. The van der Waals surface area contributed by atoms with Crippen molar-refractivity contribution >= 4 is 10.2 Å². The van der Waals surface area contributed by atoms with Gasteiger partial charge in [-0.15, -0.1) is 0 Å². The van der Waals surface area contributed by atoms with Gasteiger partial charge in [-0.2, -0.15) is 17.4 Å². The molecule has 5 nitrogen and oxygen atoms in total. The van der Waals surface area contributed by atoms with E-state index in [1.54, 1.807) is 4.31 Å². The average molecular weight is 289 g/mol. The Hall–Kier alpha value is -0.170. The molecule has 2 rings (SSSR count). The van der Waals surface area contributed by atoms with Crippen LogP contribution in [0.2, 0.25) is 0 Å². The molecule has 0 aromatic heterocycles. The summed E-state index contributed by atoms with van der Waals surface area (Å²) >= 11 is 0. The molecule has 0 spiro atoms. The summed E-state index contributed by atoms with van der Waals surface area (Å²) in [6.07, 6.45) is 7.09. The molecule has 0 radical (unpaired) electrons. The first-order valence-electron chi connectivity index (χ1n) is 7.49. The van der Waals surface area contributed by atoms with Crippen molar-refractivity contribution in [2.75, 3.05) is 13.6 Å². The van der Waals surface area contributed by atoms with Crippen LogP contribution in [0.25, 0.3) is 0 Å². The van der Waals surface area contributed by atoms with Crippen LogP contribution in [0.3, 0.4) is 0 Å². The standard InChI is InChI=1S/C13H27N3O2S/c1-11-5-3-4-10-16(11)19(17,18)15-13-8-6-12(14-2)7-9-13/h11-15H,3-10H2,1-2H3. The maximum Gasteiger partial charge on any atom is 0.279 e. The van der Waals surface area contributed by atoms with Crippen LogP contribution in [0.4, 0.5) is 0 Å². The molecule has 1 unspecified atom stereocenters. The molecule has 2 aliphatic rings. The second-order valence-electron chi connectivity index (χ2n) is 5.92. The SMILES string of the molecule is CNC1CCC(NS(=O)(=O)N2CCCCC2C)CC1. The van der Waals surface area contributed by atoms with Crippen molar-refractivity contribution in [3.63, 3.8) is 0 Å². The summed E-state index contributed by atoms with van der Waals surface area (Å²) in [4.78, 5) is 0. The summed E-state index contributed by atoms with van der Waals surface area (Å²) in [5.74, 6) is 0. The van der Waals surface area contributed by atoms with Gasteiger partial charge in [0.05, 0.1) is 0 Å². The Labute approximate surface area is 117 Å². The molecule has 2 N–H and O–H groups in total. The highest BCUT2D eigenvalue weighted by Gasteiger charge is 2.32. The van der Waals surface area contributed by atoms with Gasteiger partial charge in [-0.05, 0) is 52.5 Å². The van der Waals surface area contributed by atoms with Crippen LogP contribution < -0.4 is 10.0 Å². The molecule has 6 heteroatoms. The van der Waals surface area contributed by atoms with Gasteiger partial charge in [-0.25, -0.2) is 0 Å². The number of hydrogen-bond donors (Lipinski definition) is 2. The van der Waals surface area contributed by atoms with Gasteiger partial charge >= 0.3 is 0 Å². The van der Waals surface area contributed by atoms with Crippen molar-refractivity contribution in [3.8, 4) is 0 Å². The molecule has 0 aromatic carbocycles. The Morgan fingerprint density at radius 1 is 1.00 bits per heavy atom. The summed E-state index contributed by atoms with van der Waals surface area (Å²) in [6.45, 7) is 2.68. The van der Waals surface area contributed by atoms with Crippen molar-refractivity contribution in [3.05, 3.63) is 0 Å². The van der Waals surface area contributed by atoms with E-state index in [0.29, 0.717) is 12.6 Å². The maximum atomic E-state index is 12.4. The quantitative estimate of drug-likeness (QED) is 0.818. The number of piperidine rings is 1. The van der Waals surface area contributed by atoms with Crippen molar-refractivity contribution in [2.45, 2.75) is 70.0 Å². The van der Waals surface area contributed by atoms with Gasteiger partial charge in [0.15, 0.2) is 0 Å². The third kappa shape index (κ3) is 3.90. The zero-order chi connectivity index (χ0) is 13.9. The van der Waals surface area contributed by atoms with E-state index in [4.69, 9.17) is 0 Å². The summed E-state index contributed by atoms with van der Waals surface area (Å²) in [5.41, 5.74) is 0. The Morgan fingerprint density at radius 3 is 2.21 bits per heavy atom. The molecule has 0 aromatic rings. The first-order valence-corrected chi connectivity index (χ1v) is 8.93. The van der Waals surface area contributed by atoms with E-state index >= 15 is 0 Å². The van der Waals surface area contributed by atoms with Crippen LogP contribution in [0.15, 0.2) is 0 Å². The van der Waals surface area contributed by atoms with Crippen LogP contribution in [0.5, 0.6) is 0 Å². The normalized spacial score (nSPS) is 34.3. The van der Waals surface area contributed by atoms with Crippen molar-refractivity contribution in [1.29, 1.82) is 0 Å². The topological polar surface area (TPSA) is 61.4 Å². The molecule has 112 valence electrons. The van der Waals surface area contributed by atoms with E-state index in [0.717, 1.165) is 44.9 Å². The van der Waals surface area contributed by atoms with Crippen molar-refractivity contribution in [2.24, 2.45) is 0 Å².